The molecule has 3 fully saturated rings. The number of para-hydroxylation sites is 1. The third-order valence-corrected chi connectivity index (χ3v) is 8.32. The number of halogens is 5. The average molecular weight is 502 g/mol. The van der Waals surface area contributed by atoms with E-state index >= 15 is 8.78 Å². The van der Waals surface area contributed by atoms with Gasteiger partial charge in [0.1, 0.15) is 11.6 Å². The van der Waals surface area contributed by atoms with Crippen molar-refractivity contribution < 1.29 is 31.9 Å². The first-order valence-corrected chi connectivity index (χ1v) is 11.8. The summed E-state index contributed by atoms with van der Waals surface area (Å²) in [6.45, 7) is 1.90. The van der Waals surface area contributed by atoms with Crippen molar-refractivity contribution in [2.24, 2.45) is 5.41 Å². The Morgan fingerprint density at radius 2 is 1.78 bits per heavy atom. The lowest BCUT2D eigenvalue weighted by Gasteiger charge is -2.75. The van der Waals surface area contributed by atoms with Crippen molar-refractivity contribution in [3.8, 4) is 0 Å². The third-order valence-electron chi connectivity index (χ3n) is 8.32. The van der Waals surface area contributed by atoms with E-state index < -0.39 is 40.8 Å². The first-order chi connectivity index (χ1) is 16.9. The highest BCUT2D eigenvalue weighted by Crippen LogP contribution is 2.77. The second-order valence-corrected chi connectivity index (χ2v) is 10.5. The number of carboxylic acid groups (broad SMARTS) is 1. The summed E-state index contributed by atoms with van der Waals surface area (Å²) in [5.41, 5.74) is -0.391. The predicted octanol–water partition coefficient (Wildman–Crippen LogP) is 6.36. The van der Waals surface area contributed by atoms with E-state index in [4.69, 9.17) is 5.11 Å². The number of alkyl halides is 3. The van der Waals surface area contributed by atoms with Crippen LogP contribution in [0.3, 0.4) is 0 Å². The highest BCUT2D eigenvalue weighted by Gasteiger charge is 2.81. The fourth-order valence-electron chi connectivity index (χ4n) is 6.92. The number of nitrogens with one attached hydrogen (secondary N) is 1. The van der Waals surface area contributed by atoms with E-state index in [1.54, 1.807) is 0 Å². The Bertz CT molecular complexity index is 1400. The van der Waals surface area contributed by atoms with Gasteiger partial charge in [0.25, 0.3) is 0 Å². The molecule has 3 aliphatic carbocycles. The average Bonchev–Trinajstić information content (AvgIpc) is 3.08. The van der Waals surface area contributed by atoms with Crippen LogP contribution in [-0.2, 0) is 11.2 Å². The van der Waals surface area contributed by atoms with Crippen LogP contribution in [0.5, 0.6) is 0 Å². The number of H-pyrrole nitrogens is 1. The highest BCUT2D eigenvalue weighted by molar-refractivity contribution is 5.86. The summed E-state index contributed by atoms with van der Waals surface area (Å²) in [6.07, 6.45) is -2.11. The van der Waals surface area contributed by atoms with Gasteiger partial charge in [-0.05, 0) is 68.0 Å². The van der Waals surface area contributed by atoms with Gasteiger partial charge in [0.15, 0.2) is 0 Å². The SMILES string of the molecule is C[C@@H]1Cc2c([nH]c3ccccc23)[C@@H](c2c(F)cc(/C=C/C(=O)O)cc2F)N1C12CC(C(F)(F)F)(C1)C2. The molecule has 0 saturated heterocycles. The van der Waals surface area contributed by atoms with Crippen LogP contribution >= 0.6 is 0 Å². The molecule has 2 heterocycles. The molecule has 4 aliphatic rings. The molecular weight excluding hydrogens is 479 g/mol. The molecule has 2 bridgehead atoms. The Balaban J connectivity index is 1.50. The van der Waals surface area contributed by atoms with Gasteiger partial charge < -0.3 is 10.1 Å². The van der Waals surface area contributed by atoms with Crippen molar-refractivity contribution in [3.63, 3.8) is 0 Å². The molecule has 0 amide bonds. The zero-order valence-corrected chi connectivity index (χ0v) is 19.3. The summed E-state index contributed by atoms with van der Waals surface area (Å²) in [5.74, 6) is -2.99. The van der Waals surface area contributed by atoms with Gasteiger partial charge in [-0.15, -0.1) is 0 Å². The minimum absolute atomic E-state index is 0.0463. The maximum absolute atomic E-state index is 15.6. The van der Waals surface area contributed by atoms with E-state index in [2.05, 4.69) is 4.98 Å². The Hall–Kier alpha value is -3.20. The van der Waals surface area contributed by atoms with Crippen molar-refractivity contribution >= 4 is 22.9 Å². The van der Waals surface area contributed by atoms with E-state index in [-0.39, 0.29) is 36.4 Å². The van der Waals surface area contributed by atoms with Crippen LogP contribution in [0.1, 0.15) is 54.6 Å². The summed E-state index contributed by atoms with van der Waals surface area (Å²) in [6, 6.07) is 8.45. The summed E-state index contributed by atoms with van der Waals surface area (Å²) in [5, 5.41) is 9.78. The number of aromatic amines is 1. The van der Waals surface area contributed by atoms with Gasteiger partial charge in [0, 0.05) is 39.8 Å². The molecule has 1 aromatic heterocycles. The number of rotatable bonds is 4. The number of carboxylic acids is 1. The lowest BCUT2D eigenvalue weighted by Crippen LogP contribution is -2.80. The van der Waals surface area contributed by atoms with Crippen LogP contribution < -0.4 is 0 Å². The van der Waals surface area contributed by atoms with Gasteiger partial charge in [-0.2, -0.15) is 13.2 Å². The van der Waals surface area contributed by atoms with Crippen LogP contribution in [0.15, 0.2) is 42.5 Å². The van der Waals surface area contributed by atoms with E-state index in [1.807, 2.05) is 36.1 Å². The molecule has 1 aliphatic heterocycles. The molecule has 3 saturated carbocycles. The van der Waals surface area contributed by atoms with E-state index in [0.717, 1.165) is 40.8 Å². The molecule has 0 unspecified atom stereocenters. The van der Waals surface area contributed by atoms with Gasteiger partial charge in [0.05, 0.1) is 11.5 Å². The fraction of sp³-hybridized carbons (Fsp3) is 0.370. The topological polar surface area (TPSA) is 56.3 Å². The summed E-state index contributed by atoms with van der Waals surface area (Å²) < 4.78 is 72.2. The first kappa shape index (κ1) is 23.2. The molecule has 7 rings (SSSR count). The maximum Gasteiger partial charge on any atom is 0.394 e. The third kappa shape index (κ3) is 3.11. The van der Waals surface area contributed by atoms with Crippen molar-refractivity contribution in [2.45, 2.75) is 56.4 Å². The van der Waals surface area contributed by atoms with Crippen molar-refractivity contribution in [1.29, 1.82) is 0 Å². The van der Waals surface area contributed by atoms with Crippen LogP contribution in [0.25, 0.3) is 17.0 Å². The fourth-order valence-corrected chi connectivity index (χ4v) is 6.92. The molecule has 0 radical (unpaired) electrons. The molecule has 2 aromatic carbocycles. The lowest BCUT2D eigenvalue weighted by atomic mass is 9.38. The van der Waals surface area contributed by atoms with Crippen molar-refractivity contribution in [2.75, 3.05) is 0 Å². The Morgan fingerprint density at radius 1 is 1.14 bits per heavy atom. The zero-order chi connectivity index (χ0) is 25.6. The summed E-state index contributed by atoms with van der Waals surface area (Å²) >= 11 is 0. The van der Waals surface area contributed by atoms with Crippen LogP contribution in [0.4, 0.5) is 22.0 Å². The van der Waals surface area contributed by atoms with Gasteiger partial charge in [-0.25, -0.2) is 13.6 Å². The molecule has 36 heavy (non-hydrogen) atoms. The molecular formula is C27H23F5N2O2. The highest BCUT2D eigenvalue weighted by atomic mass is 19.4. The quantitative estimate of drug-likeness (QED) is 0.322. The Labute approximate surface area is 203 Å². The molecule has 9 heteroatoms. The molecule has 2 atom stereocenters. The van der Waals surface area contributed by atoms with Crippen LogP contribution in [0, 0.1) is 17.0 Å². The summed E-state index contributed by atoms with van der Waals surface area (Å²) in [4.78, 5) is 16.1. The van der Waals surface area contributed by atoms with Crippen LogP contribution in [-0.4, -0.2) is 38.7 Å². The maximum atomic E-state index is 15.6. The second-order valence-electron chi connectivity index (χ2n) is 10.5. The Kier molecular flexibility index (Phi) is 4.78. The molecule has 0 spiro atoms. The lowest BCUT2D eigenvalue weighted by molar-refractivity contribution is -0.369. The second kappa shape index (κ2) is 7.41. The number of fused-ring (bicyclic) bond motifs is 3. The number of hydrogen-bond acceptors (Lipinski definition) is 2. The number of carbonyl (C=O) groups is 1. The zero-order valence-electron chi connectivity index (χ0n) is 19.3. The normalized spacial score (nSPS) is 29.7. The minimum Gasteiger partial charge on any atom is -0.478 e. The number of aliphatic carboxylic acids is 1. The Morgan fingerprint density at radius 3 is 2.39 bits per heavy atom. The van der Waals surface area contributed by atoms with Gasteiger partial charge in [0.2, 0.25) is 0 Å². The monoisotopic (exact) mass is 502 g/mol. The first-order valence-electron chi connectivity index (χ1n) is 11.8. The minimum atomic E-state index is -4.30. The van der Waals surface area contributed by atoms with E-state index in [0.29, 0.717) is 12.1 Å². The molecule has 188 valence electrons. The number of aromatic nitrogens is 1. The van der Waals surface area contributed by atoms with Crippen molar-refractivity contribution in [1.82, 2.24) is 9.88 Å². The smallest absolute Gasteiger partial charge is 0.394 e. The van der Waals surface area contributed by atoms with Gasteiger partial charge in [-0.3, -0.25) is 4.90 Å². The van der Waals surface area contributed by atoms with Crippen LogP contribution in [0.2, 0.25) is 0 Å². The predicted molar refractivity (Wildman–Crippen MR) is 123 cm³/mol. The number of nitrogens with zero attached hydrogens (tertiary/aromatic N) is 1. The standard InChI is InChI=1S/C27H23F5N2O2/c1-14-8-17-16-4-2-3-5-20(16)33-23(17)24(34(14)26-11-25(12-26,13-26)27(30,31)32)22-18(28)9-15(10-19(22)29)6-7-21(35)36/h2-7,9-10,14,24,33H,8,11-13H2,1H3,(H,35,36)/b7-6+/t14-,24-,25?,26?/m1/s1. The molecule has 4 nitrogen and oxygen atoms in total. The number of hydrogen-bond donors (Lipinski definition) is 2. The van der Waals surface area contributed by atoms with E-state index in [1.165, 1.54) is 0 Å². The summed E-state index contributed by atoms with van der Waals surface area (Å²) in [7, 11) is 0. The molecule has 2 N–H and O–H groups in total. The molecule has 3 aromatic rings. The van der Waals surface area contributed by atoms with Gasteiger partial charge in [-0.1, -0.05) is 18.2 Å². The van der Waals surface area contributed by atoms with E-state index in [9.17, 15) is 18.0 Å². The largest absolute Gasteiger partial charge is 0.478 e. The van der Waals surface area contributed by atoms with Gasteiger partial charge >= 0.3 is 12.1 Å². The number of benzene rings is 2. The van der Waals surface area contributed by atoms with Crippen molar-refractivity contribution in [3.05, 3.63) is 76.5 Å².